The second-order valence-corrected chi connectivity index (χ2v) is 7.76. The molecule has 0 fully saturated rings. The van der Waals surface area contributed by atoms with Gasteiger partial charge in [0.1, 0.15) is 11.7 Å². The molecule has 0 radical (unpaired) electrons. The molecular formula is C12H16Br2N4OS. The lowest BCUT2D eigenvalue weighted by Gasteiger charge is -2.19. The first-order valence-corrected chi connectivity index (χ1v) is 8.42. The minimum atomic E-state index is -0.178. The van der Waals surface area contributed by atoms with Crippen LogP contribution in [0.2, 0.25) is 0 Å². The Kier molecular flexibility index (Phi) is 5.25. The Morgan fingerprint density at radius 2 is 2.15 bits per heavy atom. The van der Waals surface area contributed by atoms with Crippen LogP contribution in [0.3, 0.4) is 0 Å². The minimum Gasteiger partial charge on any atom is -0.493 e. The molecule has 0 aliphatic heterocycles. The molecular weight excluding hydrogens is 408 g/mol. The predicted molar refractivity (Wildman–Crippen MR) is 88.0 cm³/mol. The maximum Gasteiger partial charge on any atom is 0.162 e. The normalized spacial score (nSPS) is 12.9. The van der Waals surface area contributed by atoms with Crippen LogP contribution in [0.5, 0.6) is 5.75 Å². The van der Waals surface area contributed by atoms with Gasteiger partial charge in [0.05, 0.1) is 17.1 Å². The first kappa shape index (κ1) is 16.0. The third-order valence-electron chi connectivity index (χ3n) is 2.90. The Labute approximate surface area is 138 Å². The molecule has 0 bridgehead atoms. The highest BCUT2D eigenvalue weighted by Gasteiger charge is 2.26. The van der Waals surface area contributed by atoms with Crippen molar-refractivity contribution >= 4 is 43.2 Å². The fourth-order valence-electron chi connectivity index (χ4n) is 2.00. The number of hydrazine groups is 1. The van der Waals surface area contributed by atoms with Gasteiger partial charge in [-0.3, -0.25) is 10.5 Å². The summed E-state index contributed by atoms with van der Waals surface area (Å²) in [6, 6.07) is 2.08. The number of hydrogen-bond donors (Lipinski definition) is 2. The van der Waals surface area contributed by atoms with Gasteiger partial charge < -0.3 is 4.74 Å². The van der Waals surface area contributed by atoms with Gasteiger partial charge in [0.2, 0.25) is 0 Å². The number of nitrogens with zero attached hydrogens (tertiary/aromatic N) is 2. The van der Waals surface area contributed by atoms with Crippen molar-refractivity contribution in [1.29, 1.82) is 0 Å². The Morgan fingerprint density at radius 1 is 1.45 bits per heavy atom. The number of thiophene rings is 1. The van der Waals surface area contributed by atoms with Crippen LogP contribution >= 0.6 is 43.2 Å². The molecule has 0 saturated carbocycles. The van der Waals surface area contributed by atoms with E-state index in [4.69, 9.17) is 10.6 Å². The average molecular weight is 424 g/mol. The molecule has 20 heavy (non-hydrogen) atoms. The van der Waals surface area contributed by atoms with Crippen molar-refractivity contribution < 1.29 is 4.74 Å². The number of hydrogen-bond acceptors (Lipinski definition) is 5. The molecule has 2 aromatic heterocycles. The first-order valence-electron chi connectivity index (χ1n) is 6.01. The molecule has 110 valence electrons. The highest BCUT2D eigenvalue weighted by molar-refractivity contribution is 9.13. The van der Waals surface area contributed by atoms with Crippen LogP contribution < -0.4 is 16.0 Å². The largest absolute Gasteiger partial charge is 0.493 e. The lowest BCUT2D eigenvalue weighted by atomic mass is 10.1. The molecule has 1 atom stereocenters. The third-order valence-corrected chi connectivity index (χ3v) is 6.22. The molecule has 0 spiro atoms. The zero-order chi connectivity index (χ0) is 14.9. The minimum absolute atomic E-state index is 0.178. The van der Waals surface area contributed by atoms with E-state index < -0.39 is 0 Å². The first-order chi connectivity index (χ1) is 9.49. The van der Waals surface area contributed by atoms with Crippen LogP contribution in [0, 0.1) is 0 Å². The summed E-state index contributed by atoms with van der Waals surface area (Å²) in [6.07, 6.45) is 1.72. The summed E-state index contributed by atoms with van der Waals surface area (Å²) in [5.74, 6) is 6.50. The van der Waals surface area contributed by atoms with Crippen molar-refractivity contribution in [2.75, 3.05) is 7.11 Å². The van der Waals surface area contributed by atoms with Crippen molar-refractivity contribution in [2.45, 2.75) is 25.9 Å². The number of rotatable bonds is 5. The lowest BCUT2D eigenvalue weighted by Crippen LogP contribution is -2.30. The van der Waals surface area contributed by atoms with E-state index in [0.29, 0.717) is 0 Å². The highest BCUT2D eigenvalue weighted by atomic mass is 79.9. The van der Waals surface area contributed by atoms with E-state index >= 15 is 0 Å². The van der Waals surface area contributed by atoms with E-state index in [1.807, 2.05) is 10.7 Å². The van der Waals surface area contributed by atoms with Gasteiger partial charge in [0, 0.05) is 15.4 Å². The third kappa shape index (κ3) is 2.94. The molecule has 3 N–H and O–H groups in total. The quantitative estimate of drug-likeness (QED) is 0.569. The summed E-state index contributed by atoms with van der Waals surface area (Å²) in [6.45, 7) is 4.15. The fraction of sp³-hybridized carbons (Fsp3) is 0.417. The molecule has 8 heteroatoms. The molecule has 0 aliphatic rings. The summed E-state index contributed by atoms with van der Waals surface area (Å²) >= 11 is 8.63. The predicted octanol–water partition coefficient (Wildman–Crippen LogP) is 3.61. The van der Waals surface area contributed by atoms with Crippen molar-refractivity contribution in [3.8, 4) is 5.75 Å². The molecule has 2 heterocycles. The number of halogens is 2. The van der Waals surface area contributed by atoms with E-state index in [-0.39, 0.29) is 12.1 Å². The number of ether oxygens (including phenoxy) is 1. The standard InChI is InChI=1S/C12H16Br2N4OS/c1-6(2)18-11(8(19-3)5-16-18)10(17-15)9-4-7(13)12(14)20-9/h4-6,10,17H,15H2,1-3H3. The number of nitrogens with two attached hydrogens (primary N) is 1. The number of nitrogens with one attached hydrogen (secondary N) is 1. The number of aromatic nitrogens is 2. The van der Waals surface area contributed by atoms with E-state index in [2.05, 4.69) is 56.2 Å². The topological polar surface area (TPSA) is 65.1 Å². The second kappa shape index (κ2) is 6.57. The van der Waals surface area contributed by atoms with Crippen LogP contribution in [0.25, 0.3) is 0 Å². The van der Waals surface area contributed by atoms with Gasteiger partial charge in [0.15, 0.2) is 5.75 Å². The van der Waals surface area contributed by atoms with Crippen LogP contribution in [-0.2, 0) is 0 Å². The molecule has 0 aromatic carbocycles. The van der Waals surface area contributed by atoms with Crippen LogP contribution in [-0.4, -0.2) is 16.9 Å². The zero-order valence-corrected chi connectivity index (χ0v) is 15.3. The molecule has 0 amide bonds. The molecule has 0 saturated heterocycles. The molecule has 2 aromatic rings. The van der Waals surface area contributed by atoms with Gasteiger partial charge in [-0.25, -0.2) is 5.43 Å². The maximum atomic E-state index is 5.78. The van der Waals surface area contributed by atoms with Crippen LogP contribution in [0.15, 0.2) is 20.5 Å². The van der Waals surface area contributed by atoms with Crippen molar-refractivity contribution in [3.63, 3.8) is 0 Å². The van der Waals surface area contributed by atoms with E-state index in [1.165, 1.54) is 0 Å². The summed E-state index contributed by atoms with van der Waals surface area (Å²) in [7, 11) is 1.64. The van der Waals surface area contributed by atoms with E-state index in [0.717, 1.165) is 24.6 Å². The Bertz CT molecular complexity index is 577. The van der Waals surface area contributed by atoms with Crippen LogP contribution in [0.4, 0.5) is 0 Å². The fourth-order valence-corrected chi connectivity index (χ4v) is 4.15. The molecule has 1 unspecified atom stereocenters. The summed E-state index contributed by atoms with van der Waals surface area (Å²) in [4.78, 5) is 1.08. The summed E-state index contributed by atoms with van der Waals surface area (Å²) in [5.41, 5.74) is 3.78. The van der Waals surface area contributed by atoms with Crippen molar-refractivity contribution in [3.05, 3.63) is 31.1 Å². The Morgan fingerprint density at radius 3 is 2.60 bits per heavy atom. The van der Waals surface area contributed by atoms with Gasteiger partial charge in [-0.1, -0.05) is 0 Å². The second-order valence-electron chi connectivity index (χ2n) is 4.51. The molecule has 2 rings (SSSR count). The van der Waals surface area contributed by atoms with Crippen molar-refractivity contribution in [1.82, 2.24) is 15.2 Å². The highest BCUT2D eigenvalue weighted by Crippen LogP contribution is 2.39. The zero-order valence-electron chi connectivity index (χ0n) is 11.4. The van der Waals surface area contributed by atoms with Gasteiger partial charge in [-0.05, 0) is 51.8 Å². The Hall–Kier alpha value is -0.410. The monoisotopic (exact) mass is 422 g/mol. The van der Waals surface area contributed by atoms with Gasteiger partial charge in [-0.15, -0.1) is 11.3 Å². The smallest absolute Gasteiger partial charge is 0.162 e. The SMILES string of the molecule is COc1cnn(C(C)C)c1C(NN)c1cc(Br)c(Br)s1. The average Bonchev–Trinajstić information content (AvgIpc) is 2.96. The van der Waals surface area contributed by atoms with Gasteiger partial charge >= 0.3 is 0 Å². The van der Waals surface area contributed by atoms with Crippen molar-refractivity contribution in [2.24, 2.45) is 5.84 Å². The van der Waals surface area contributed by atoms with Crippen LogP contribution in [0.1, 0.15) is 36.5 Å². The lowest BCUT2D eigenvalue weighted by molar-refractivity contribution is 0.395. The Balaban J connectivity index is 2.53. The van der Waals surface area contributed by atoms with Gasteiger partial charge in [-0.2, -0.15) is 5.10 Å². The molecule has 5 nitrogen and oxygen atoms in total. The molecule has 0 aliphatic carbocycles. The number of methoxy groups -OCH3 is 1. The van der Waals surface area contributed by atoms with E-state index in [1.54, 1.807) is 24.6 Å². The maximum absolute atomic E-state index is 5.78. The summed E-state index contributed by atoms with van der Waals surface area (Å²) in [5, 5.41) is 4.39. The van der Waals surface area contributed by atoms with Gasteiger partial charge in [0.25, 0.3) is 0 Å². The summed E-state index contributed by atoms with van der Waals surface area (Å²) < 4.78 is 9.38. The van der Waals surface area contributed by atoms with E-state index in [9.17, 15) is 0 Å².